The Morgan fingerprint density at radius 1 is 1.32 bits per heavy atom. The molecule has 22 heavy (non-hydrogen) atoms. The first-order valence-corrected chi connectivity index (χ1v) is 9.00. The summed E-state index contributed by atoms with van der Waals surface area (Å²) in [6.45, 7) is 7.66. The SMILES string of the molecule is Cc1ncsc1CN[C@@H]1CCN(Cc2ccccc2)[C@@H](C)C1. The third kappa shape index (κ3) is 3.94. The van der Waals surface area contributed by atoms with Gasteiger partial charge >= 0.3 is 0 Å². The fourth-order valence-corrected chi connectivity index (χ4v) is 3.92. The Morgan fingerprint density at radius 2 is 2.14 bits per heavy atom. The highest BCUT2D eigenvalue weighted by Gasteiger charge is 2.25. The van der Waals surface area contributed by atoms with E-state index in [1.165, 1.54) is 35.5 Å². The molecule has 1 fully saturated rings. The Hall–Kier alpha value is -1.23. The van der Waals surface area contributed by atoms with Crippen molar-refractivity contribution in [1.82, 2.24) is 15.2 Å². The van der Waals surface area contributed by atoms with Crippen LogP contribution in [0.15, 0.2) is 35.8 Å². The van der Waals surface area contributed by atoms with Crippen molar-refractivity contribution in [2.75, 3.05) is 6.54 Å². The Balaban J connectivity index is 1.48. The zero-order valence-corrected chi connectivity index (χ0v) is 14.3. The van der Waals surface area contributed by atoms with Crippen molar-refractivity contribution in [3.05, 3.63) is 52.0 Å². The van der Waals surface area contributed by atoms with Gasteiger partial charge in [-0.15, -0.1) is 11.3 Å². The summed E-state index contributed by atoms with van der Waals surface area (Å²) in [7, 11) is 0. The summed E-state index contributed by atoms with van der Waals surface area (Å²) in [6, 6.07) is 12.1. The summed E-state index contributed by atoms with van der Waals surface area (Å²) in [5.41, 5.74) is 4.53. The molecule has 0 aliphatic carbocycles. The van der Waals surface area contributed by atoms with Gasteiger partial charge in [0.1, 0.15) is 0 Å². The summed E-state index contributed by atoms with van der Waals surface area (Å²) in [4.78, 5) is 8.30. The van der Waals surface area contributed by atoms with Crippen LogP contribution in [-0.4, -0.2) is 28.5 Å². The molecule has 118 valence electrons. The number of aromatic nitrogens is 1. The van der Waals surface area contributed by atoms with E-state index in [9.17, 15) is 0 Å². The molecule has 0 radical (unpaired) electrons. The van der Waals surface area contributed by atoms with Gasteiger partial charge in [0.2, 0.25) is 0 Å². The minimum atomic E-state index is 0.628. The van der Waals surface area contributed by atoms with Crippen molar-refractivity contribution in [2.45, 2.75) is 51.9 Å². The highest BCUT2D eigenvalue weighted by Crippen LogP contribution is 2.21. The number of hydrogen-bond acceptors (Lipinski definition) is 4. The van der Waals surface area contributed by atoms with Crippen molar-refractivity contribution in [3.63, 3.8) is 0 Å². The van der Waals surface area contributed by atoms with E-state index in [0.29, 0.717) is 12.1 Å². The van der Waals surface area contributed by atoms with Gasteiger partial charge in [0.05, 0.1) is 11.2 Å². The van der Waals surface area contributed by atoms with Crippen molar-refractivity contribution in [1.29, 1.82) is 0 Å². The van der Waals surface area contributed by atoms with Crippen LogP contribution < -0.4 is 5.32 Å². The second kappa shape index (κ2) is 7.36. The van der Waals surface area contributed by atoms with Gasteiger partial charge in [-0.2, -0.15) is 0 Å². The molecule has 1 aliphatic rings. The number of nitrogens with zero attached hydrogens (tertiary/aromatic N) is 2. The first-order chi connectivity index (χ1) is 10.7. The van der Waals surface area contributed by atoms with E-state index >= 15 is 0 Å². The Morgan fingerprint density at radius 3 is 2.82 bits per heavy atom. The largest absolute Gasteiger partial charge is 0.309 e. The molecule has 4 heteroatoms. The fraction of sp³-hybridized carbons (Fsp3) is 0.500. The van der Waals surface area contributed by atoms with Crippen molar-refractivity contribution < 1.29 is 0 Å². The second-order valence-electron chi connectivity index (χ2n) is 6.27. The van der Waals surface area contributed by atoms with Gasteiger partial charge in [0, 0.05) is 36.6 Å². The molecule has 3 nitrogen and oxygen atoms in total. The highest BCUT2D eigenvalue weighted by atomic mass is 32.1. The number of piperidine rings is 1. The number of nitrogens with one attached hydrogen (secondary N) is 1. The molecule has 0 bridgehead atoms. The third-order valence-corrected chi connectivity index (χ3v) is 5.57. The molecule has 1 aromatic carbocycles. The minimum absolute atomic E-state index is 0.628. The van der Waals surface area contributed by atoms with Gasteiger partial charge in [-0.1, -0.05) is 30.3 Å². The number of rotatable bonds is 5. The lowest BCUT2D eigenvalue weighted by Gasteiger charge is -2.38. The summed E-state index contributed by atoms with van der Waals surface area (Å²) in [5.74, 6) is 0. The zero-order valence-electron chi connectivity index (χ0n) is 13.5. The van der Waals surface area contributed by atoms with E-state index in [4.69, 9.17) is 0 Å². The molecular formula is C18H25N3S. The molecule has 0 unspecified atom stereocenters. The number of likely N-dealkylation sites (tertiary alicyclic amines) is 1. The van der Waals surface area contributed by atoms with E-state index in [0.717, 1.165) is 13.1 Å². The molecule has 1 N–H and O–H groups in total. The molecule has 3 rings (SSSR count). The molecule has 2 heterocycles. The van der Waals surface area contributed by atoms with E-state index < -0.39 is 0 Å². The maximum absolute atomic E-state index is 4.32. The number of thiazole rings is 1. The zero-order chi connectivity index (χ0) is 15.4. The highest BCUT2D eigenvalue weighted by molar-refractivity contribution is 7.09. The van der Waals surface area contributed by atoms with Crippen molar-refractivity contribution in [3.8, 4) is 0 Å². The Bertz CT molecular complexity index is 581. The first kappa shape index (κ1) is 15.7. The predicted octanol–water partition coefficient (Wildman–Crippen LogP) is 3.59. The van der Waals surface area contributed by atoms with Gasteiger partial charge < -0.3 is 5.32 Å². The Kier molecular flexibility index (Phi) is 5.24. The predicted molar refractivity (Wildman–Crippen MR) is 93.0 cm³/mol. The number of aryl methyl sites for hydroxylation is 1. The van der Waals surface area contributed by atoms with Crippen molar-refractivity contribution >= 4 is 11.3 Å². The normalized spacial score (nSPS) is 22.8. The van der Waals surface area contributed by atoms with E-state index in [1.807, 2.05) is 5.51 Å². The molecule has 2 aromatic rings. The fourth-order valence-electron chi connectivity index (χ4n) is 3.19. The first-order valence-electron chi connectivity index (χ1n) is 8.12. The maximum atomic E-state index is 4.32. The average Bonchev–Trinajstić information content (AvgIpc) is 2.94. The van der Waals surface area contributed by atoms with Gasteiger partial charge in [-0.3, -0.25) is 4.90 Å². The molecule has 1 aliphatic heterocycles. The average molecular weight is 315 g/mol. The smallest absolute Gasteiger partial charge is 0.0798 e. The van der Waals surface area contributed by atoms with E-state index in [1.54, 1.807) is 11.3 Å². The van der Waals surface area contributed by atoms with Crippen LogP contribution in [0.1, 0.15) is 35.9 Å². The van der Waals surface area contributed by atoms with Gasteiger partial charge in [-0.05, 0) is 32.3 Å². The summed E-state index contributed by atoms with van der Waals surface area (Å²) < 4.78 is 0. The summed E-state index contributed by atoms with van der Waals surface area (Å²) >= 11 is 1.76. The molecule has 0 saturated carbocycles. The van der Waals surface area contributed by atoms with E-state index in [2.05, 4.69) is 59.4 Å². The van der Waals surface area contributed by atoms with Gasteiger partial charge in [0.25, 0.3) is 0 Å². The van der Waals surface area contributed by atoms with Crippen LogP contribution in [0.5, 0.6) is 0 Å². The maximum Gasteiger partial charge on any atom is 0.0798 e. The lowest BCUT2D eigenvalue weighted by atomic mass is 9.97. The quantitative estimate of drug-likeness (QED) is 0.914. The van der Waals surface area contributed by atoms with Crippen molar-refractivity contribution in [2.24, 2.45) is 0 Å². The van der Waals surface area contributed by atoms with Crippen LogP contribution in [0.4, 0.5) is 0 Å². The molecule has 0 amide bonds. The van der Waals surface area contributed by atoms with Crippen LogP contribution in [0.3, 0.4) is 0 Å². The molecule has 1 aromatic heterocycles. The van der Waals surface area contributed by atoms with Crippen LogP contribution in [0, 0.1) is 6.92 Å². The molecular weight excluding hydrogens is 290 g/mol. The topological polar surface area (TPSA) is 28.2 Å². The Labute approximate surface area is 137 Å². The standard InChI is InChI=1S/C18H25N3S/c1-14-10-17(19-11-18-15(2)20-13-22-18)8-9-21(14)12-16-6-4-3-5-7-16/h3-7,13-14,17,19H,8-12H2,1-2H3/t14-,17+/m0/s1. The lowest BCUT2D eigenvalue weighted by molar-refractivity contribution is 0.128. The van der Waals surface area contributed by atoms with Crippen LogP contribution >= 0.6 is 11.3 Å². The second-order valence-corrected chi connectivity index (χ2v) is 7.21. The molecule has 1 saturated heterocycles. The van der Waals surface area contributed by atoms with Crippen LogP contribution in [0.25, 0.3) is 0 Å². The van der Waals surface area contributed by atoms with E-state index in [-0.39, 0.29) is 0 Å². The number of hydrogen-bond donors (Lipinski definition) is 1. The van der Waals surface area contributed by atoms with Crippen LogP contribution in [-0.2, 0) is 13.1 Å². The lowest BCUT2D eigenvalue weighted by Crippen LogP contribution is -2.46. The monoisotopic (exact) mass is 315 g/mol. The van der Waals surface area contributed by atoms with Gasteiger partial charge in [-0.25, -0.2) is 4.98 Å². The molecule has 0 spiro atoms. The summed E-state index contributed by atoms with van der Waals surface area (Å²) in [5, 5.41) is 3.72. The third-order valence-electron chi connectivity index (χ3n) is 4.64. The van der Waals surface area contributed by atoms with Crippen LogP contribution in [0.2, 0.25) is 0 Å². The van der Waals surface area contributed by atoms with Gasteiger partial charge in [0.15, 0.2) is 0 Å². The molecule has 2 atom stereocenters. The minimum Gasteiger partial charge on any atom is -0.309 e. The number of benzene rings is 1. The summed E-state index contributed by atoms with van der Waals surface area (Å²) in [6.07, 6.45) is 2.46.